The van der Waals surface area contributed by atoms with Gasteiger partial charge in [-0.3, -0.25) is 0 Å². The van der Waals surface area contributed by atoms with Crippen LogP contribution in [-0.2, 0) is 0 Å². The number of rotatable bonds is 0. The van der Waals surface area contributed by atoms with Crippen molar-refractivity contribution in [3.05, 3.63) is 58.1 Å². The van der Waals surface area contributed by atoms with Crippen LogP contribution >= 0.6 is 15.9 Å². The molecule has 4 nitrogen and oxygen atoms in total. The fourth-order valence-electron chi connectivity index (χ4n) is 3.22. The molecule has 0 saturated heterocycles. The van der Waals surface area contributed by atoms with Crippen LogP contribution in [0, 0.1) is 5.92 Å². The minimum Gasteiger partial charge on any atom is -0.377 e. The number of hydrogen-bond donors (Lipinski definition) is 3. The number of hydrogen-bond acceptors (Lipinski definition) is 4. The minimum atomic E-state index is 0.307. The Morgan fingerprint density at radius 3 is 3.05 bits per heavy atom. The number of benzene rings is 1. The van der Waals surface area contributed by atoms with Crippen molar-refractivity contribution in [1.29, 1.82) is 0 Å². The summed E-state index contributed by atoms with van der Waals surface area (Å²) in [6.07, 6.45) is 7.29. The summed E-state index contributed by atoms with van der Waals surface area (Å²) in [5.74, 6) is 6.78. The van der Waals surface area contributed by atoms with Gasteiger partial charge >= 0.3 is 0 Å². The maximum atomic E-state index is 5.65. The molecule has 4 N–H and O–H groups in total. The Morgan fingerprint density at radius 1 is 1.33 bits per heavy atom. The number of nitrogens with one attached hydrogen (secondary N) is 2. The first-order valence-corrected chi connectivity index (χ1v) is 7.74. The molecule has 106 valence electrons. The van der Waals surface area contributed by atoms with Crippen molar-refractivity contribution in [2.75, 3.05) is 0 Å². The highest BCUT2D eigenvalue weighted by Gasteiger charge is 2.35. The number of hydrazine groups is 1. The molecule has 0 saturated carbocycles. The van der Waals surface area contributed by atoms with Crippen LogP contribution in [0.25, 0.3) is 5.70 Å². The van der Waals surface area contributed by atoms with Crippen LogP contribution in [-0.4, -0.2) is 11.9 Å². The van der Waals surface area contributed by atoms with Crippen molar-refractivity contribution in [1.82, 2.24) is 10.7 Å². The van der Waals surface area contributed by atoms with E-state index in [0.29, 0.717) is 12.0 Å². The maximum absolute atomic E-state index is 5.65. The molecule has 0 spiro atoms. The molecule has 2 aliphatic heterocycles. The van der Waals surface area contributed by atoms with Gasteiger partial charge in [-0.05, 0) is 11.6 Å². The van der Waals surface area contributed by atoms with E-state index in [0.717, 1.165) is 28.0 Å². The summed E-state index contributed by atoms with van der Waals surface area (Å²) in [6.45, 7) is 0. The van der Waals surface area contributed by atoms with Gasteiger partial charge < -0.3 is 10.7 Å². The van der Waals surface area contributed by atoms with Gasteiger partial charge in [-0.15, -0.1) is 0 Å². The lowest BCUT2D eigenvalue weighted by atomic mass is 9.88. The van der Waals surface area contributed by atoms with E-state index in [1.807, 2.05) is 18.2 Å². The van der Waals surface area contributed by atoms with Gasteiger partial charge in [0.2, 0.25) is 0 Å². The van der Waals surface area contributed by atoms with Crippen molar-refractivity contribution >= 4 is 33.1 Å². The standard InChI is InChI=1S/C16H15BrN4/c17-9-5-6-14-11(7-9)12-8-15(21-18)19-13-4-2-1-3-10(13)16(12)20-14/h1-7,11,14,20H,8,18H2,(H,19,21). The van der Waals surface area contributed by atoms with Gasteiger partial charge in [0.25, 0.3) is 0 Å². The number of aliphatic imine (C=N–C) groups is 1. The second-order valence-electron chi connectivity index (χ2n) is 5.40. The first kappa shape index (κ1) is 12.9. The largest absolute Gasteiger partial charge is 0.377 e. The summed E-state index contributed by atoms with van der Waals surface area (Å²) in [5, 5.41) is 3.64. The van der Waals surface area contributed by atoms with Crippen LogP contribution in [0.3, 0.4) is 0 Å². The van der Waals surface area contributed by atoms with Gasteiger partial charge in [-0.25, -0.2) is 10.8 Å². The molecule has 5 heteroatoms. The fourth-order valence-corrected chi connectivity index (χ4v) is 3.65. The zero-order valence-electron chi connectivity index (χ0n) is 11.3. The van der Waals surface area contributed by atoms with E-state index >= 15 is 0 Å². The molecule has 0 aromatic heterocycles. The Balaban J connectivity index is 1.89. The molecule has 1 aliphatic carbocycles. The second-order valence-corrected chi connectivity index (χ2v) is 6.32. The van der Waals surface area contributed by atoms with Gasteiger partial charge in [-0.1, -0.05) is 52.4 Å². The van der Waals surface area contributed by atoms with E-state index in [2.05, 4.69) is 56.0 Å². The lowest BCUT2D eigenvalue weighted by Gasteiger charge is -2.20. The van der Waals surface area contributed by atoms with Crippen LogP contribution in [0.2, 0.25) is 0 Å². The number of nitrogens with two attached hydrogens (primary N) is 1. The Kier molecular flexibility index (Phi) is 2.97. The highest BCUT2D eigenvalue weighted by atomic mass is 79.9. The van der Waals surface area contributed by atoms with Gasteiger partial charge in [0.05, 0.1) is 11.7 Å². The molecular formula is C16H15BrN4. The lowest BCUT2D eigenvalue weighted by molar-refractivity contribution is 0.629. The van der Waals surface area contributed by atoms with Crippen molar-refractivity contribution in [2.24, 2.45) is 16.8 Å². The van der Waals surface area contributed by atoms with Crippen molar-refractivity contribution in [3.8, 4) is 0 Å². The molecule has 0 radical (unpaired) electrons. The molecule has 4 rings (SSSR count). The average molecular weight is 343 g/mol. The summed E-state index contributed by atoms with van der Waals surface area (Å²) in [5.41, 5.74) is 7.37. The van der Waals surface area contributed by atoms with Crippen LogP contribution in [0.15, 0.2) is 57.5 Å². The molecule has 2 atom stereocenters. The summed E-state index contributed by atoms with van der Waals surface area (Å²) in [6, 6.07) is 8.49. The minimum absolute atomic E-state index is 0.307. The summed E-state index contributed by atoms with van der Waals surface area (Å²) < 4.78 is 1.12. The summed E-state index contributed by atoms with van der Waals surface area (Å²) >= 11 is 3.58. The van der Waals surface area contributed by atoms with Gasteiger partial charge in [0.15, 0.2) is 0 Å². The van der Waals surface area contributed by atoms with Gasteiger partial charge in [-0.2, -0.15) is 0 Å². The third-order valence-electron chi connectivity index (χ3n) is 4.18. The first-order valence-electron chi connectivity index (χ1n) is 6.95. The van der Waals surface area contributed by atoms with E-state index in [-0.39, 0.29) is 0 Å². The predicted molar refractivity (Wildman–Crippen MR) is 89.0 cm³/mol. The van der Waals surface area contributed by atoms with E-state index in [9.17, 15) is 0 Å². The monoisotopic (exact) mass is 342 g/mol. The third-order valence-corrected chi connectivity index (χ3v) is 4.70. The molecular weight excluding hydrogens is 328 g/mol. The Hall–Kier alpha value is -1.85. The molecule has 3 aliphatic rings. The van der Waals surface area contributed by atoms with Gasteiger partial charge in [0, 0.05) is 28.1 Å². The zero-order valence-corrected chi connectivity index (χ0v) is 12.9. The van der Waals surface area contributed by atoms with Crippen LogP contribution < -0.4 is 16.6 Å². The maximum Gasteiger partial charge on any atom is 0.120 e. The van der Waals surface area contributed by atoms with Gasteiger partial charge in [0.1, 0.15) is 5.84 Å². The third kappa shape index (κ3) is 2.04. The molecule has 2 unspecified atom stereocenters. The van der Waals surface area contributed by atoms with Crippen molar-refractivity contribution in [2.45, 2.75) is 12.5 Å². The lowest BCUT2D eigenvalue weighted by Crippen LogP contribution is -2.32. The number of halogens is 1. The molecule has 21 heavy (non-hydrogen) atoms. The van der Waals surface area contributed by atoms with E-state index in [1.54, 1.807) is 0 Å². The van der Waals surface area contributed by atoms with E-state index < -0.39 is 0 Å². The highest BCUT2D eigenvalue weighted by molar-refractivity contribution is 9.11. The molecule has 0 fully saturated rings. The number of amidine groups is 1. The zero-order chi connectivity index (χ0) is 14.4. The molecule has 1 aromatic rings. The van der Waals surface area contributed by atoms with Crippen molar-refractivity contribution < 1.29 is 0 Å². The van der Waals surface area contributed by atoms with Crippen molar-refractivity contribution in [3.63, 3.8) is 0 Å². The predicted octanol–water partition coefficient (Wildman–Crippen LogP) is 2.73. The Labute approximate surface area is 131 Å². The molecule has 1 aromatic carbocycles. The number of fused-ring (bicyclic) bond motifs is 4. The quantitative estimate of drug-likeness (QED) is 0.501. The fraction of sp³-hybridized carbons (Fsp3) is 0.188. The molecule has 2 heterocycles. The molecule has 0 bridgehead atoms. The number of allylic oxidation sites excluding steroid dienone is 2. The number of nitrogens with zero attached hydrogens (tertiary/aromatic N) is 1. The van der Waals surface area contributed by atoms with E-state index in [1.165, 1.54) is 11.3 Å². The second kappa shape index (κ2) is 4.86. The average Bonchev–Trinajstić information content (AvgIpc) is 2.76. The van der Waals surface area contributed by atoms with Crippen LogP contribution in [0.1, 0.15) is 12.0 Å². The number of para-hydroxylation sites is 1. The smallest absolute Gasteiger partial charge is 0.120 e. The SMILES string of the molecule is NNC1=Nc2ccccc2C2=C(C1)C1C=C(Br)C=CC1N2. The summed E-state index contributed by atoms with van der Waals surface area (Å²) in [7, 11) is 0. The molecule has 0 amide bonds. The highest BCUT2D eigenvalue weighted by Crippen LogP contribution is 2.42. The normalized spacial score (nSPS) is 26.0. The topological polar surface area (TPSA) is 62.4 Å². The summed E-state index contributed by atoms with van der Waals surface area (Å²) in [4.78, 5) is 4.65. The Bertz CT molecular complexity index is 730. The van der Waals surface area contributed by atoms with Crippen LogP contribution in [0.4, 0.5) is 5.69 Å². The first-order chi connectivity index (χ1) is 10.3. The van der Waals surface area contributed by atoms with E-state index in [4.69, 9.17) is 5.84 Å². The van der Waals surface area contributed by atoms with Crippen LogP contribution in [0.5, 0.6) is 0 Å². The Morgan fingerprint density at radius 2 is 2.19 bits per heavy atom.